The van der Waals surface area contributed by atoms with Gasteiger partial charge in [0.1, 0.15) is 0 Å². The minimum absolute atomic E-state index is 0.114. The Morgan fingerprint density at radius 2 is 2.04 bits per heavy atom. The molecule has 1 aliphatic heterocycles. The average Bonchev–Trinajstić information content (AvgIpc) is 2.90. The number of nitrogens with zero attached hydrogens (tertiary/aromatic N) is 2. The maximum absolute atomic E-state index is 12.6. The lowest BCUT2D eigenvalue weighted by molar-refractivity contribution is 0.352. The average molecular weight is 347 g/mol. The maximum atomic E-state index is 12.6. The monoisotopic (exact) mass is 347 g/mol. The Morgan fingerprint density at radius 1 is 1.29 bits per heavy atom. The summed E-state index contributed by atoms with van der Waals surface area (Å²) >= 11 is 1.55. The van der Waals surface area contributed by atoms with E-state index in [4.69, 9.17) is 9.47 Å². The van der Waals surface area contributed by atoms with Crippen LogP contribution in [0.4, 0.5) is 5.82 Å². The van der Waals surface area contributed by atoms with Gasteiger partial charge in [0.25, 0.3) is 5.56 Å². The van der Waals surface area contributed by atoms with E-state index in [9.17, 15) is 4.79 Å². The van der Waals surface area contributed by atoms with Crippen LogP contribution in [0.15, 0.2) is 28.0 Å². The number of methoxy groups -OCH3 is 2. The van der Waals surface area contributed by atoms with E-state index < -0.39 is 0 Å². The maximum Gasteiger partial charge on any atom is 0.271 e. The van der Waals surface area contributed by atoms with E-state index in [0.29, 0.717) is 22.9 Å². The molecule has 1 N–H and O–H groups in total. The smallest absolute Gasteiger partial charge is 0.271 e. The van der Waals surface area contributed by atoms with Gasteiger partial charge in [0.05, 0.1) is 30.1 Å². The summed E-state index contributed by atoms with van der Waals surface area (Å²) in [7, 11) is 3.22. The molecule has 7 heteroatoms. The zero-order valence-corrected chi connectivity index (χ0v) is 15.2. The van der Waals surface area contributed by atoms with Crippen molar-refractivity contribution in [2.45, 2.75) is 32.1 Å². The van der Waals surface area contributed by atoms with Gasteiger partial charge in [0.15, 0.2) is 17.3 Å². The third-order valence-corrected chi connectivity index (χ3v) is 5.14. The molecule has 1 atom stereocenters. The van der Waals surface area contributed by atoms with Crippen LogP contribution in [0.1, 0.15) is 43.2 Å². The zero-order chi connectivity index (χ0) is 17.4. The second-order valence-corrected chi connectivity index (χ2v) is 7.15. The minimum Gasteiger partial charge on any atom is -0.493 e. The van der Waals surface area contributed by atoms with E-state index in [2.05, 4.69) is 10.1 Å². The SMILES string of the molecule is COc1cccc(C2SC(C)=Nc3c2c(=O)[nH]n3C(C)C)c1OC. The summed E-state index contributed by atoms with van der Waals surface area (Å²) in [5.41, 5.74) is 1.45. The molecule has 24 heavy (non-hydrogen) atoms. The van der Waals surface area contributed by atoms with Gasteiger partial charge >= 0.3 is 0 Å². The van der Waals surface area contributed by atoms with Gasteiger partial charge in [-0.3, -0.25) is 14.6 Å². The lowest BCUT2D eigenvalue weighted by atomic mass is 10.0. The molecule has 1 unspecified atom stereocenters. The number of hydrogen-bond acceptors (Lipinski definition) is 5. The van der Waals surface area contributed by atoms with Gasteiger partial charge in [-0.15, -0.1) is 0 Å². The fourth-order valence-corrected chi connectivity index (χ4v) is 4.04. The molecule has 0 saturated carbocycles. The second-order valence-electron chi connectivity index (χ2n) is 5.85. The molecule has 0 fully saturated rings. The highest BCUT2D eigenvalue weighted by atomic mass is 32.2. The highest BCUT2D eigenvalue weighted by Crippen LogP contribution is 2.48. The Balaban J connectivity index is 2.23. The summed E-state index contributed by atoms with van der Waals surface area (Å²) in [6.45, 7) is 5.99. The molecule has 128 valence electrons. The predicted molar refractivity (Wildman–Crippen MR) is 97.2 cm³/mol. The predicted octanol–water partition coefficient (Wildman–Crippen LogP) is 3.66. The van der Waals surface area contributed by atoms with Gasteiger partial charge in [-0.05, 0) is 26.8 Å². The van der Waals surface area contributed by atoms with Crippen LogP contribution in [0.25, 0.3) is 0 Å². The number of fused-ring (bicyclic) bond motifs is 1. The van der Waals surface area contributed by atoms with E-state index in [1.807, 2.05) is 43.7 Å². The number of benzene rings is 1. The van der Waals surface area contributed by atoms with Crippen molar-refractivity contribution in [2.75, 3.05) is 14.2 Å². The molecule has 0 radical (unpaired) electrons. The molecule has 6 nitrogen and oxygen atoms in total. The summed E-state index contributed by atoms with van der Waals surface area (Å²) in [6, 6.07) is 5.84. The highest BCUT2D eigenvalue weighted by molar-refractivity contribution is 8.14. The minimum atomic E-state index is -0.189. The molecule has 1 aromatic carbocycles. The molecule has 3 rings (SSSR count). The van der Waals surface area contributed by atoms with Crippen LogP contribution in [0.5, 0.6) is 11.5 Å². The van der Waals surface area contributed by atoms with Crippen molar-refractivity contribution in [1.82, 2.24) is 9.78 Å². The second kappa shape index (κ2) is 6.39. The number of thioether (sulfide) groups is 1. The number of hydrogen-bond donors (Lipinski definition) is 1. The Hall–Kier alpha value is -2.15. The van der Waals surface area contributed by atoms with Crippen LogP contribution in [0.2, 0.25) is 0 Å². The van der Waals surface area contributed by atoms with E-state index in [1.165, 1.54) is 0 Å². The molecule has 0 bridgehead atoms. The van der Waals surface area contributed by atoms with Gasteiger partial charge < -0.3 is 9.47 Å². The number of nitrogens with one attached hydrogen (secondary N) is 1. The summed E-state index contributed by atoms with van der Waals surface area (Å²) in [6.07, 6.45) is 0. The van der Waals surface area contributed by atoms with Crippen molar-refractivity contribution in [3.05, 3.63) is 39.7 Å². The molecular weight excluding hydrogens is 326 g/mol. The first-order valence-electron chi connectivity index (χ1n) is 7.75. The fourth-order valence-electron chi connectivity index (χ4n) is 2.92. The van der Waals surface area contributed by atoms with E-state index in [0.717, 1.165) is 10.6 Å². The Labute approximate surface area is 144 Å². The zero-order valence-electron chi connectivity index (χ0n) is 14.4. The molecule has 2 heterocycles. The van der Waals surface area contributed by atoms with Crippen LogP contribution >= 0.6 is 11.8 Å². The van der Waals surface area contributed by atoms with Crippen molar-refractivity contribution in [3.63, 3.8) is 0 Å². The third-order valence-electron chi connectivity index (χ3n) is 3.98. The normalized spacial score (nSPS) is 16.8. The Morgan fingerprint density at radius 3 is 2.67 bits per heavy atom. The summed E-state index contributed by atoms with van der Waals surface area (Å²) in [4.78, 5) is 17.2. The van der Waals surface area contributed by atoms with E-state index in [-0.39, 0.29) is 16.9 Å². The van der Waals surface area contributed by atoms with Crippen molar-refractivity contribution in [1.29, 1.82) is 0 Å². The van der Waals surface area contributed by atoms with Crippen LogP contribution in [-0.2, 0) is 0 Å². The van der Waals surface area contributed by atoms with Gasteiger partial charge in [-0.1, -0.05) is 23.9 Å². The van der Waals surface area contributed by atoms with Crippen LogP contribution in [0.3, 0.4) is 0 Å². The standard InChI is InChI=1S/C17H21N3O3S/c1-9(2)20-16-13(17(21)19-20)15(24-10(3)18-16)11-7-6-8-12(22-4)14(11)23-5/h6-9,15H,1-5H3,(H,19,21). The highest BCUT2D eigenvalue weighted by Gasteiger charge is 2.33. The van der Waals surface area contributed by atoms with Gasteiger partial charge in [0, 0.05) is 11.6 Å². The first-order chi connectivity index (χ1) is 11.5. The summed E-state index contributed by atoms with van der Waals surface area (Å²) < 4.78 is 12.8. The first-order valence-corrected chi connectivity index (χ1v) is 8.63. The lowest BCUT2D eigenvalue weighted by Gasteiger charge is -2.23. The quantitative estimate of drug-likeness (QED) is 0.916. The van der Waals surface area contributed by atoms with Crippen molar-refractivity contribution < 1.29 is 9.47 Å². The van der Waals surface area contributed by atoms with Gasteiger partial charge in [-0.2, -0.15) is 0 Å². The fraction of sp³-hybridized carbons (Fsp3) is 0.412. The molecule has 1 aromatic heterocycles. The molecule has 0 amide bonds. The summed E-state index contributed by atoms with van der Waals surface area (Å²) in [5.74, 6) is 1.99. The molecular formula is C17H21N3O3S. The summed E-state index contributed by atoms with van der Waals surface area (Å²) in [5, 5.41) is 3.63. The van der Waals surface area contributed by atoms with Crippen molar-refractivity contribution >= 4 is 22.6 Å². The largest absolute Gasteiger partial charge is 0.493 e. The van der Waals surface area contributed by atoms with Crippen molar-refractivity contribution in [2.24, 2.45) is 4.99 Å². The molecule has 1 aliphatic rings. The van der Waals surface area contributed by atoms with Crippen LogP contribution in [0, 0.1) is 0 Å². The molecule has 0 saturated heterocycles. The molecule has 2 aromatic rings. The number of para-hydroxylation sites is 1. The number of aromatic amines is 1. The Kier molecular flexibility index (Phi) is 4.45. The van der Waals surface area contributed by atoms with Crippen LogP contribution < -0.4 is 15.0 Å². The van der Waals surface area contributed by atoms with Crippen molar-refractivity contribution in [3.8, 4) is 11.5 Å². The van der Waals surface area contributed by atoms with E-state index >= 15 is 0 Å². The van der Waals surface area contributed by atoms with Gasteiger partial charge in [-0.25, -0.2) is 4.99 Å². The first kappa shape index (κ1) is 16.7. The van der Waals surface area contributed by atoms with E-state index in [1.54, 1.807) is 26.0 Å². The number of rotatable bonds is 4. The molecule has 0 aliphatic carbocycles. The lowest BCUT2D eigenvalue weighted by Crippen LogP contribution is -2.14. The number of aliphatic imine (C=N–C) groups is 1. The molecule has 0 spiro atoms. The van der Waals surface area contributed by atoms with Gasteiger partial charge in [0.2, 0.25) is 0 Å². The Bertz CT molecular complexity index is 851. The number of H-pyrrole nitrogens is 1. The third kappa shape index (κ3) is 2.62. The topological polar surface area (TPSA) is 68.6 Å². The number of ether oxygens (including phenoxy) is 2. The van der Waals surface area contributed by atoms with Crippen LogP contribution in [-0.4, -0.2) is 29.0 Å². The number of aromatic nitrogens is 2.